The third kappa shape index (κ3) is 3.84. The van der Waals surface area contributed by atoms with E-state index in [0.717, 1.165) is 25.1 Å². The molecule has 0 aromatic heterocycles. The third-order valence-corrected chi connectivity index (χ3v) is 6.29. The highest BCUT2D eigenvalue weighted by Crippen LogP contribution is 2.56. The summed E-state index contributed by atoms with van der Waals surface area (Å²) in [6.07, 6.45) is 1.70. The SMILES string of the molecule is COC(=O)CNC(=O)N1CCC2(CC1)CN(c1cccc(F)c1)C2c1ccccc1. The van der Waals surface area contributed by atoms with Gasteiger partial charge in [0.05, 0.1) is 13.2 Å². The van der Waals surface area contributed by atoms with E-state index in [9.17, 15) is 14.0 Å². The van der Waals surface area contributed by atoms with E-state index in [-0.39, 0.29) is 29.8 Å². The second kappa shape index (κ2) is 8.34. The van der Waals surface area contributed by atoms with E-state index < -0.39 is 5.97 Å². The minimum atomic E-state index is -0.467. The van der Waals surface area contributed by atoms with E-state index in [1.165, 1.54) is 18.7 Å². The van der Waals surface area contributed by atoms with Crippen LogP contribution in [-0.4, -0.2) is 50.2 Å². The first-order valence-corrected chi connectivity index (χ1v) is 10.2. The molecule has 2 fully saturated rings. The van der Waals surface area contributed by atoms with E-state index in [4.69, 9.17) is 0 Å². The first-order chi connectivity index (χ1) is 14.5. The molecule has 1 N–H and O–H groups in total. The second-order valence-corrected chi connectivity index (χ2v) is 8.01. The highest BCUT2D eigenvalue weighted by molar-refractivity contribution is 5.80. The van der Waals surface area contributed by atoms with Gasteiger partial charge in [0, 0.05) is 30.7 Å². The molecule has 1 unspecified atom stereocenters. The first-order valence-electron chi connectivity index (χ1n) is 10.2. The Balaban J connectivity index is 1.48. The van der Waals surface area contributed by atoms with E-state index in [1.54, 1.807) is 17.0 Å². The zero-order chi connectivity index (χ0) is 21.1. The molecule has 2 amide bonds. The molecule has 158 valence electrons. The Hall–Kier alpha value is -3.09. The van der Waals surface area contributed by atoms with Gasteiger partial charge in [-0.05, 0) is 36.6 Å². The topological polar surface area (TPSA) is 61.9 Å². The zero-order valence-corrected chi connectivity index (χ0v) is 17.0. The molecule has 0 bridgehead atoms. The molecule has 0 radical (unpaired) electrons. The maximum absolute atomic E-state index is 13.8. The number of likely N-dealkylation sites (tertiary alicyclic amines) is 1. The monoisotopic (exact) mass is 411 g/mol. The lowest BCUT2D eigenvalue weighted by molar-refractivity contribution is -0.139. The number of hydrogen-bond acceptors (Lipinski definition) is 4. The van der Waals surface area contributed by atoms with E-state index in [0.29, 0.717) is 13.1 Å². The minimum absolute atomic E-state index is 0.0345. The van der Waals surface area contributed by atoms with Crippen LogP contribution in [0.15, 0.2) is 54.6 Å². The van der Waals surface area contributed by atoms with Crippen LogP contribution in [0.4, 0.5) is 14.9 Å². The summed E-state index contributed by atoms with van der Waals surface area (Å²) in [5, 5.41) is 2.61. The van der Waals surface area contributed by atoms with Gasteiger partial charge in [-0.2, -0.15) is 0 Å². The van der Waals surface area contributed by atoms with Crippen molar-refractivity contribution in [2.24, 2.45) is 5.41 Å². The summed E-state index contributed by atoms with van der Waals surface area (Å²) in [6, 6.07) is 16.9. The minimum Gasteiger partial charge on any atom is -0.468 e. The highest BCUT2D eigenvalue weighted by Gasteiger charge is 2.54. The van der Waals surface area contributed by atoms with Crippen molar-refractivity contribution in [3.05, 3.63) is 66.0 Å². The number of methoxy groups -OCH3 is 1. The fourth-order valence-corrected chi connectivity index (χ4v) is 4.72. The summed E-state index contributed by atoms with van der Waals surface area (Å²) in [7, 11) is 1.30. The Morgan fingerprint density at radius 1 is 1.13 bits per heavy atom. The number of nitrogens with one attached hydrogen (secondary N) is 1. The number of carbonyl (C=O) groups is 2. The van der Waals surface area contributed by atoms with Gasteiger partial charge >= 0.3 is 12.0 Å². The van der Waals surface area contributed by atoms with Crippen LogP contribution in [0.5, 0.6) is 0 Å². The van der Waals surface area contributed by atoms with Gasteiger partial charge in [0.1, 0.15) is 12.4 Å². The molecule has 2 aliphatic rings. The molecule has 2 aromatic carbocycles. The summed E-state index contributed by atoms with van der Waals surface area (Å²) < 4.78 is 18.4. The fourth-order valence-electron chi connectivity index (χ4n) is 4.72. The Morgan fingerprint density at radius 3 is 2.53 bits per heavy atom. The maximum Gasteiger partial charge on any atom is 0.325 e. The predicted molar refractivity (Wildman–Crippen MR) is 112 cm³/mol. The van der Waals surface area contributed by atoms with Crippen LogP contribution in [0.25, 0.3) is 0 Å². The van der Waals surface area contributed by atoms with Crippen LogP contribution < -0.4 is 10.2 Å². The summed E-state index contributed by atoms with van der Waals surface area (Å²) in [6.45, 7) is 1.94. The van der Waals surface area contributed by atoms with Crippen LogP contribution in [0.1, 0.15) is 24.4 Å². The Morgan fingerprint density at radius 2 is 1.87 bits per heavy atom. The molecule has 0 saturated carbocycles. The van der Waals surface area contributed by atoms with Crippen LogP contribution in [0, 0.1) is 11.2 Å². The van der Waals surface area contributed by atoms with Crippen molar-refractivity contribution in [3.8, 4) is 0 Å². The summed E-state index contributed by atoms with van der Waals surface area (Å²) in [5.74, 6) is -0.706. The molecule has 2 aliphatic heterocycles. The van der Waals surface area contributed by atoms with E-state index in [2.05, 4.69) is 27.1 Å². The number of hydrogen-bond donors (Lipinski definition) is 1. The van der Waals surface area contributed by atoms with E-state index >= 15 is 0 Å². The summed E-state index contributed by atoms with van der Waals surface area (Å²) in [4.78, 5) is 27.6. The fraction of sp³-hybridized carbons (Fsp3) is 0.391. The summed E-state index contributed by atoms with van der Waals surface area (Å²) in [5.41, 5.74) is 2.12. The number of amides is 2. The number of esters is 1. The molecule has 2 heterocycles. The average molecular weight is 411 g/mol. The van der Waals surface area contributed by atoms with Crippen molar-refractivity contribution in [2.75, 3.05) is 38.2 Å². The van der Waals surface area contributed by atoms with Gasteiger partial charge in [-0.15, -0.1) is 0 Å². The van der Waals surface area contributed by atoms with Crippen molar-refractivity contribution in [2.45, 2.75) is 18.9 Å². The van der Waals surface area contributed by atoms with Crippen LogP contribution in [-0.2, 0) is 9.53 Å². The Kier molecular flexibility index (Phi) is 5.61. The average Bonchev–Trinajstić information content (AvgIpc) is 2.76. The molecule has 2 saturated heterocycles. The lowest BCUT2D eigenvalue weighted by Gasteiger charge is -2.61. The molecule has 6 nitrogen and oxygen atoms in total. The van der Waals surface area contributed by atoms with Crippen LogP contribution in [0.3, 0.4) is 0 Å². The van der Waals surface area contributed by atoms with Crippen LogP contribution >= 0.6 is 0 Å². The quantitative estimate of drug-likeness (QED) is 0.784. The maximum atomic E-state index is 13.8. The number of benzene rings is 2. The number of anilines is 1. The number of nitrogens with zero attached hydrogens (tertiary/aromatic N) is 2. The smallest absolute Gasteiger partial charge is 0.325 e. The van der Waals surface area contributed by atoms with Gasteiger partial charge < -0.3 is 19.9 Å². The Labute approximate surface area is 175 Å². The zero-order valence-electron chi connectivity index (χ0n) is 17.0. The normalized spacial score (nSPS) is 19.9. The lowest BCUT2D eigenvalue weighted by atomic mass is 9.63. The standard InChI is InChI=1S/C23H26FN3O3/c1-30-20(28)15-25-22(29)26-12-10-23(11-13-26)16-27(19-9-5-8-18(24)14-19)21(23)17-6-3-2-4-7-17/h2-9,14,21H,10-13,15-16H2,1H3,(H,25,29). The third-order valence-electron chi connectivity index (χ3n) is 6.29. The summed E-state index contributed by atoms with van der Waals surface area (Å²) >= 11 is 0. The number of ether oxygens (including phenoxy) is 1. The highest BCUT2D eigenvalue weighted by atomic mass is 19.1. The Bertz CT molecular complexity index is 913. The number of halogens is 1. The largest absolute Gasteiger partial charge is 0.468 e. The molecule has 0 aliphatic carbocycles. The molecule has 1 spiro atoms. The van der Waals surface area contributed by atoms with Crippen molar-refractivity contribution in [1.29, 1.82) is 0 Å². The van der Waals surface area contributed by atoms with Crippen LogP contribution in [0.2, 0.25) is 0 Å². The molecular formula is C23H26FN3O3. The number of piperidine rings is 1. The number of rotatable bonds is 4. The molecule has 1 atom stereocenters. The van der Waals surface area contributed by atoms with Gasteiger partial charge in [-0.3, -0.25) is 4.79 Å². The molecule has 7 heteroatoms. The second-order valence-electron chi connectivity index (χ2n) is 8.01. The van der Waals surface area contributed by atoms with Crippen molar-refractivity contribution < 1.29 is 18.7 Å². The molecule has 4 rings (SSSR count). The molecule has 30 heavy (non-hydrogen) atoms. The number of carbonyl (C=O) groups excluding carboxylic acids is 2. The molecule has 2 aromatic rings. The molecular weight excluding hydrogens is 385 g/mol. The predicted octanol–water partition coefficient (Wildman–Crippen LogP) is 3.35. The van der Waals surface area contributed by atoms with Crippen molar-refractivity contribution >= 4 is 17.7 Å². The van der Waals surface area contributed by atoms with Crippen molar-refractivity contribution in [1.82, 2.24) is 10.2 Å². The first kappa shape index (κ1) is 20.2. The van der Waals surface area contributed by atoms with Gasteiger partial charge in [-0.25, -0.2) is 9.18 Å². The van der Waals surface area contributed by atoms with E-state index in [1.807, 2.05) is 24.3 Å². The van der Waals surface area contributed by atoms with Gasteiger partial charge in [0.15, 0.2) is 0 Å². The van der Waals surface area contributed by atoms with Crippen molar-refractivity contribution in [3.63, 3.8) is 0 Å². The number of urea groups is 1. The van der Waals surface area contributed by atoms with Gasteiger partial charge in [0.2, 0.25) is 0 Å². The van der Waals surface area contributed by atoms with Gasteiger partial charge in [0.25, 0.3) is 0 Å². The van der Waals surface area contributed by atoms with Gasteiger partial charge in [-0.1, -0.05) is 36.4 Å². The lowest BCUT2D eigenvalue weighted by Crippen LogP contribution is -2.63.